The Kier molecular flexibility index (Phi) is 7.40. The van der Waals surface area contributed by atoms with Crippen LogP contribution in [0, 0.1) is 20.8 Å². The van der Waals surface area contributed by atoms with Crippen LogP contribution in [-0.2, 0) is 14.4 Å². The molecule has 1 saturated heterocycles. The molecule has 37 heavy (non-hydrogen) atoms. The van der Waals surface area contributed by atoms with Gasteiger partial charge in [-0.25, -0.2) is 9.69 Å². The maximum atomic E-state index is 13.1. The zero-order valence-corrected chi connectivity index (χ0v) is 21.2. The van der Waals surface area contributed by atoms with Crippen molar-refractivity contribution < 1.29 is 23.9 Å². The van der Waals surface area contributed by atoms with Crippen molar-refractivity contribution in [1.82, 2.24) is 5.32 Å². The smallest absolute Gasteiger partial charge is 0.335 e. The molecule has 1 fully saturated rings. The molecule has 1 heterocycles. The van der Waals surface area contributed by atoms with E-state index in [1.54, 1.807) is 43.3 Å². The largest absolute Gasteiger partial charge is 0.484 e. The average molecular weight is 518 g/mol. The Bertz CT molecular complexity index is 1460. The van der Waals surface area contributed by atoms with E-state index < -0.39 is 17.8 Å². The van der Waals surface area contributed by atoms with Crippen molar-refractivity contribution in [3.05, 3.63) is 93.5 Å². The normalized spacial score (nSPS) is 14.5. The third-order valence-electron chi connectivity index (χ3n) is 5.93. The fourth-order valence-corrected chi connectivity index (χ4v) is 3.87. The summed E-state index contributed by atoms with van der Waals surface area (Å²) >= 11 is 6.16. The third-order valence-corrected chi connectivity index (χ3v) is 6.34. The second-order valence-corrected chi connectivity index (χ2v) is 8.96. The average Bonchev–Trinajstić information content (AvgIpc) is 2.86. The molecule has 0 aromatic heterocycles. The summed E-state index contributed by atoms with van der Waals surface area (Å²) in [5, 5.41) is 5.39. The zero-order chi connectivity index (χ0) is 26.7. The second-order valence-electron chi connectivity index (χ2n) is 8.55. The highest BCUT2D eigenvalue weighted by molar-refractivity contribution is 6.39. The minimum atomic E-state index is -0.862. The number of halogens is 1. The highest BCUT2D eigenvalue weighted by Gasteiger charge is 2.37. The molecule has 0 radical (unpaired) electrons. The Hall–Kier alpha value is -4.43. The highest BCUT2D eigenvalue weighted by atomic mass is 35.5. The number of hydrogen-bond acceptors (Lipinski definition) is 5. The van der Waals surface area contributed by atoms with Crippen LogP contribution in [0.2, 0.25) is 5.02 Å². The van der Waals surface area contributed by atoms with Gasteiger partial charge in [0, 0.05) is 10.7 Å². The molecule has 1 aliphatic rings. The minimum absolute atomic E-state index is 0.233. The molecule has 0 atom stereocenters. The number of carbonyl (C=O) groups is 4. The van der Waals surface area contributed by atoms with E-state index in [0.717, 1.165) is 21.6 Å². The van der Waals surface area contributed by atoms with Gasteiger partial charge >= 0.3 is 6.03 Å². The molecule has 9 heteroatoms. The maximum Gasteiger partial charge on any atom is 0.335 e. The van der Waals surface area contributed by atoms with Gasteiger partial charge < -0.3 is 10.1 Å². The second kappa shape index (κ2) is 10.7. The van der Waals surface area contributed by atoms with Gasteiger partial charge in [0.05, 0.1) is 5.69 Å². The molecule has 0 unspecified atom stereocenters. The number of urea groups is 1. The molecule has 2 N–H and O–H groups in total. The zero-order valence-electron chi connectivity index (χ0n) is 20.4. The van der Waals surface area contributed by atoms with E-state index >= 15 is 0 Å². The number of rotatable bonds is 6. The molecule has 0 saturated carbocycles. The summed E-state index contributed by atoms with van der Waals surface area (Å²) in [6.07, 6.45) is 1.36. The van der Waals surface area contributed by atoms with E-state index in [1.165, 1.54) is 12.1 Å². The van der Waals surface area contributed by atoms with Gasteiger partial charge in [-0.2, -0.15) is 0 Å². The number of ether oxygens (including phenoxy) is 1. The molecular weight excluding hydrogens is 494 g/mol. The summed E-state index contributed by atoms with van der Waals surface area (Å²) in [6.45, 7) is 5.45. The van der Waals surface area contributed by atoms with Gasteiger partial charge in [-0.1, -0.05) is 41.9 Å². The molecular formula is C28H24ClN3O5. The maximum absolute atomic E-state index is 13.1. The van der Waals surface area contributed by atoms with Gasteiger partial charge in [0.25, 0.3) is 17.7 Å². The number of nitrogens with one attached hydrogen (secondary N) is 2. The summed E-state index contributed by atoms with van der Waals surface area (Å²) in [4.78, 5) is 51.3. The molecule has 3 aromatic rings. The topological polar surface area (TPSA) is 105 Å². The number of imide groups is 2. The first-order valence-corrected chi connectivity index (χ1v) is 11.8. The lowest BCUT2D eigenvalue weighted by molar-refractivity contribution is -0.122. The van der Waals surface area contributed by atoms with Crippen molar-refractivity contribution in [3.8, 4) is 5.75 Å². The Morgan fingerprint density at radius 3 is 2.51 bits per heavy atom. The van der Waals surface area contributed by atoms with Gasteiger partial charge in [0.15, 0.2) is 6.61 Å². The minimum Gasteiger partial charge on any atom is -0.484 e. The molecule has 5 amide bonds. The fourth-order valence-electron chi connectivity index (χ4n) is 3.70. The lowest BCUT2D eigenvalue weighted by Gasteiger charge is -2.26. The van der Waals surface area contributed by atoms with Gasteiger partial charge in [0.2, 0.25) is 0 Å². The Morgan fingerprint density at radius 1 is 1.00 bits per heavy atom. The van der Waals surface area contributed by atoms with Crippen LogP contribution in [-0.4, -0.2) is 30.4 Å². The van der Waals surface area contributed by atoms with E-state index in [-0.39, 0.29) is 23.8 Å². The van der Waals surface area contributed by atoms with Gasteiger partial charge in [0.1, 0.15) is 11.3 Å². The Morgan fingerprint density at radius 2 is 1.76 bits per heavy atom. The molecule has 0 bridgehead atoms. The SMILES string of the molecule is Cc1ccc(N2C(=O)NC(=O)/C(=C\c3cccc(OCC(=O)Nc4cccc(C)c4C)c3)C2=O)cc1Cl. The first-order chi connectivity index (χ1) is 17.6. The van der Waals surface area contributed by atoms with E-state index in [0.29, 0.717) is 22.0 Å². The number of carbonyl (C=O) groups excluding carboxylic acids is 4. The van der Waals surface area contributed by atoms with Crippen LogP contribution in [0.3, 0.4) is 0 Å². The lowest BCUT2D eigenvalue weighted by atomic mass is 10.1. The number of barbiturate groups is 1. The number of nitrogens with zero attached hydrogens (tertiary/aromatic N) is 1. The number of anilines is 2. The van der Waals surface area contributed by atoms with Crippen molar-refractivity contribution in [1.29, 1.82) is 0 Å². The summed E-state index contributed by atoms with van der Waals surface area (Å²) in [6, 6.07) is 16.1. The molecule has 1 aliphatic heterocycles. The number of hydrogen-bond donors (Lipinski definition) is 2. The first-order valence-electron chi connectivity index (χ1n) is 11.4. The summed E-state index contributed by atoms with van der Waals surface area (Å²) < 4.78 is 5.62. The van der Waals surface area contributed by atoms with Crippen LogP contribution >= 0.6 is 11.6 Å². The van der Waals surface area contributed by atoms with Crippen LogP contribution in [0.1, 0.15) is 22.3 Å². The third kappa shape index (κ3) is 5.70. The molecule has 8 nitrogen and oxygen atoms in total. The summed E-state index contributed by atoms with van der Waals surface area (Å²) in [5.41, 5.74) is 4.00. The van der Waals surface area contributed by atoms with E-state index in [1.807, 2.05) is 32.0 Å². The van der Waals surface area contributed by atoms with E-state index in [4.69, 9.17) is 16.3 Å². The lowest BCUT2D eigenvalue weighted by Crippen LogP contribution is -2.54. The summed E-state index contributed by atoms with van der Waals surface area (Å²) in [7, 11) is 0. The van der Waals surface area contributed by atoms with Crippen molar-refractivity contribution >= 4 is 52.8 Å². The Balaban J connectivity index is 1.50. The quantitative estimate of drug-likeness (QED) is 0.355. The van der Waals surface area contributed by atoms with Crippen molar-refractivity contribution in [2.75, 3.05) is 16.8 Å². The fraction of sp³-hybridized carbons (Fsp3) is 0.143. The summed E-state index contributed by atoms with van der Waals surface area (Å²) in [5.74, 6) is -1.56. The molecule has 3 aromatic carbocycles. The van der Waals surface area contributed by atoms with Crippen LogP contribution in [0.5, 0.6) is 5.75 Å². The van der Waals surface area contributed by atoms with Crippen molar-refractivity contribution in [3.63, 3.8) is 0 Å². The van der Waals surface area contributed by atoms with Crippen LogP contribution in [0.4, 0.5) is 16.2 Å². The number of amides is 5. The molecule has 0 spiro atoms. The highest BCUT2D eigenvalue weighted by Crippen LogP contribution is 2.27. The number of benzene rings is 3. The van der Waals surface area contributed by atoms with Crippen LogP contribution < -0.4 is 20.3 Å². The van der Waals surface area contributed by atoms with Gasteiger partial charge in [-0.15, -0.1) is 0 Å². The molecule has 188 valence electrons. The predicted octanol–water partition coefficient (Wildman–Crippen LogP) is 4.95. The molecule has 0 aliphatic carbocycles. The van der Waals surface area contributed by atoms with Gasteiger partial charge in [-0.05, 0) is 79.4 Å². The number of aryl methyl sites for hydroxylation is 2. The van der Waals surface area contributed by atoms with E-state index in [2.05, 4.69) is 10.6 Å². The standard InChI is InChI=1S/C28H24ClN3O5/c1-16-6-4-9-24(18(16)3)30-25(33)15-37-21-8-5-7-19(12-21)13-22-26(34)31-28(36)32(27(22)35)20-11-10-17(2)23(29)14-20/h4-14H,15H2,1-3H3,(H,30,33)(H,31,34,36)/b22-13+. The first kappa shape index (κ1) is 25.7. The van der Waals surface area contributed by atoms with Crippen LogP contribution in [0.15, 0.2) is 66.2 Å². The van der Waals surface area contributed by atoms with Crippen molar-refractivity contribution in [2.24, 2.45) is 0 Å². The Labute approximate surface area is 218 Å². The van der Waals surface area contributed by atoms with Gasteiger partial charge in [-0.3, -0.25) is 19.7 Å². The van der Waals surface area contributed by atoms with Crippen molar-refractivity contribution in [2.45, 2.75) is 20.8 Å². The van der Waals surface area contributed by atoms with Crippen LogP contribution in [0.25, 0.3) is 6.08 Å². The monoisotopic (exact) mass is 517 g/mol. The molecule has 4 rings (SSSR count). The predicted molar refractivity (Wildman–Crippen MR) is 142 cm³/mol. The van der Waals surface area contributed by atoms with E-state index in [9.17, 15) is 19.2 Å².